The van der Waals surface area contributed by atoms with Gasteiger partial charge in [-0.1, -0.05) is 71.2 Å². The third-order valence-electron chi connectivity index (χ3n) is 4.21. The second kappa shape index (κ2) is 10.4. The van der Waals surface area contributed by atoms with E-state index < -0.39 is 0 Å². The van der Waals surface area contributed by atoms with Gasteiger partial charge in [-0.15, -0.1) is 0 Å². The number of nitrogens with zero attached hydrogens (tertiary/aromatic N) is 1. The second-order valence-electron chi connectivity index (χ2n) is 6.33. The van der Waals surface area contributed by atoms with E-state index in [0.29, 0.717) is 56.5 Å². The normalized spacial score (nSPS) is 11.1. The molecule has 0 atom stereocenters. The molecule has 0 aliphatic heterocycles. The topological polar surface area (TPSA) is 42.2 Å². The summed E-state index contributed by atoms with van der Waals surface area (Å²) in [6.45, 7) is 2.69. The number of ether oxygens (including phenoxy) is 2. The van der Waals surface area contributed by atoms with Crippen molar-refractivity contribution in [2.75, 3.05) is 6.61 Å². The first-order chi connectivity index (χ1) is 14.5. The second-order valence-corrected chi connectivity index (χ2v) is 7.58. The summed E-state index contributed by atoms with van der Waals surface area (Å²) in [7, 11) is 0. The molecule has 0 spiro atoms. The maximum atomic E-state index is 9.64. The molecule has 0 unspecified atom stereocenters. The zero-order chi connectivity index (χ0) is 21.5. The molecule has 0 aromatic heterocycles. The molecule has 0 radical (unpaired) electrons. The Hall–Kier alpha value is -2.64. The predicted octanol–water partition coefficient (Wildman–Crippen LogP) is 7.69. The summed E-state index contributed by atoms with van der Waals surface area (Å²) in [6.07, 6.45) is 1.70. The lowest BCUT2D eigenvalue weighted by molar-refractivity contribution is 0.269. The van der Waals surface area contributed by atoms with Crippen molar-refractivity contribution in [3.63, 3.8) is 0 Å². The lowest BCUT2D eigenvalue weighted by atomic mass is 10.0. The third kappa shape index (κ3) is 5.49. The molecule has 152 valence electrons. The standard InChI is InChI=1S/C24H18Cl3NO2/c1-2-29-23-12-17(10-18(14-28)20-9-8-19(25)13-21(20)26)11-22(27)24(23)30-15-16-6-4-3-5-7-16/h3-13H,2,15H2,1H3/b18-10+. The predicted molar refractivity (Wildman–Crippen MR) is 123 cm³/mol. The lowest BCUT2D eigenvalue weighted by Gasteiger charge is -2.15. The highest BCUT2D eigenvalue weighted by Crippen LogP contribution is 2.38. The summed E-state index contributed by atoms with van der Waals surface area (Å²) < 4.78 is 11.7. The highest BCUT2D eigenvalue weighted by atomic mass is 35.5. The molecular weight excluding hydrogens is 441 g/mol. The van der Waals surface area contributed by atoms with Crippen molar-refractivity contribution in [1.29, 1.82) is 5.26 Å². The molecule has 0 bridgehead atoms. The van der Waals surface area contributed by atoms with Crippen LogP contribution < -0.4 is 9.47 Å². The van der Waals surface area contributed by atoms with Crippen LogP contribution >= 0.6 is 34.8 Å². The smallest absolute Gasteiger partial charge is 0.180 e. The minimum Gasteiger partial charge on any atom is -0.490 e. The summed E-state index contributed by atoms with van der Waals surface area (Å²) in [6, 6.07) is 20.5. The molecule has 0 aliphatic rings. The lowest BCUT2D eigenvalue weighted by Crippen LogP contribution is -2.01. The van der Waals surface area contributed by atoms with Crippen molar-refractivity contribution in [3.8, 4) is 17.6 Å². The van der Waals surface area contributed by atoms with Gasteiger partial charge in [-0.25, -0.2) is 0 Å². The van der Waals surface area contributed by atoms with Gasteiger partial charge in [-0.05, 0) is 48.4 Å². The van der Waals surface area contributed by atoms with Crippen LogP contribution in [0.3, 0.4) is 0 Å². The fraction of sp³-hybridized carbons (Fsp3) is 0.125. The van der Waals surface area contributed by atoms with Crippen LogP contribution in [0.15, 0.2) is 60.7 Å². The Labute approximate surface area is 191 Å². The first-order valence-electron chi connectivity index (χ1n) is 9.22. The summed E-state index contributed by atoms with van der Waals surface area (Å²) in [5.41, 5.74) is 2.68. The number of allylic oxidation sites excluding steroid dienone is 1. The van der Waals surface area contributed by atoms with Crippen molar-refractivity contribution in [2.45, 2.75) is 13.5 Å². The van der Waals surface area contributed by atoms with Crippen molar-refractivity contribution in [3.05, 3.63) is 92.4 Å². The molecule has 0 saturated heterocycles. The van der Waals surface area contributed by atoms with Gasteiger partial charge in [-0.3, -0.25) is 0 Å². The van der Waals surface area contributed by atoms with Crippen LogP contribution in [0.4, 0.5) is 0 Å². The van der Waals surface area contributed by atoms with Crippen molar-refractivity contribution in [2.24, 2.45) is 0 Å². The van der Waals surface area contributed by atoms with Crippen LogP contribution in [-0.4, -0.2) is 6.61 Å². The fourth-order valence-electron chi connectivity index (χ4n) is 2.85. The number of nitriles is 1. The number of benzene rings is 3. The Morgan fingerprint density at radius 1 is 0.967 bits per heavy atom. The van der Waals surface area contributed by atoms with Gasteiger partial charge < -0.3 is 9.47 Å². The molecule has 3 aromatic carbocycles. The van der Waals surface area contributed by atoms with Crippen LogP contribution in [0, 0.1) is 11.3 Å². The van der Waals surface area contributed by atoms with Crippen molar-refractivity contribution in [1.82, 2.24) is 0 Å². The van der Waals surface area contributed by atoms with Gasteiger partial charge in [0.05, 0.1) is 28.3 Å². The molecule has 3 nitrogen and oxygen atoms in total. The molecule has 0 fully saturated rings. The van der Waals surface area contributed by atoms with E-state index in [4.69, 9.17) is 44.3 Å². The monoisotopic (exact) mass is 457 g/mol. The van der Waals surface area contributed by atoms with Crippen LogP contribution in [0.1, 0.15) is 23.6 Å². The first kappa shape index (κ1) is 22.1. The Morgan fingerprint density at radius 3 is 2.40 bits per heavy atom. The van der Waals surface area contributed by atoms with E-state index in [0.717, 1.165) is 5.56 Å². The van der Waals surface area contributed by atoms with Crippen LogP contribution in [0.2, 0.25) is 15.1 Å². The maximum Gasteiger partial charge on any atom is 0.180 e. The molecule has 0 amide bonds. The highest BCUT2D eigenvalue weighted by molar-refractivity contribution is 6.36. The fourth-order valence-corrected chi connectivity index (χ4v) is 3.63. The van der Waals surface area contributed by atoms with E-state index in [2.05, 4.69) is 6.07 Å². The molecule has 30 heavy (non-hydrogen) atoms. The Morgan fingerprint density at radius 2 is 1.73 bits per heavy atom. The summed E-state index contributed by atoms with van der Waals surface area (Å²) in [5, 5.41) is 10.9. The van der Waals surface area contributed by atoms with Crippen LogP contribution in [0.25, 0.3) is 11.6 Å². The zero-order valence-corrected chi connectivity index (χ0v) is 18.4. The maximum absolute atomic E-state index is 9.64. The Balaban J connectivity index is 1.95. The molecule has 3 aromatic rings. The average molecular weight is 459 g/mol. The summed E-state index contributed by atoms with van der Waals surface area (Å²) in [5.74, 6) is 0.967. The van der Waals surface area contributed by atoms with Gasteiger partial charge in [0.1, 0.15) is 6.61 Å². The molecule has 6 heteroatoms. The molecule has 0 saturated carbocycles. The molecule has 3 rings (SSSR count). The zero-order valence-electron chi connectivity index (χ0n) is 16.2. The van der Waals surface area contributed by atoms with Gasteiger partial charge in [0, 0.05) is 10.6 Å². The number of rotatable bonds is 7. The van der Waals surface area contributed by atoms with Gasteiger partial charge in [-0.2, -0.15) is 5.26 Å². The molecule has 0 heterocycles. The van der Waals surface area contributed by atoms with Crippen LogP contribution in [0.5, 0.6) is 11.5 Å². The van der Waals surface area contributed by atoms with Gasteiger partial charge in [0.15, 0.2) is 11.5 Å². The van der Waals surface area contributed by atoms with E-state index in [1.807, 2.05) is 37.3 Å². The molecular formula is C24H18Cl3NO2. The van der Waals surface area contributed by atoms with Gasteiger partial charge in [0.25, 0.3) is 0 Å². The van der Waals surface area contributed by atoms with E-state index in [1.54, 1.807) is 36.4 Å². The number of halogens is 3. The Bertz CT molecular complexity index is 1110. The molecule has 0 N–H and O–H groups in total. The summed E-state index contributed by atoms with van der Waals surface area (Å²) >= 11 is 18.7. The third-order valence-corrected chi connectivity index (χ3v) is 5.04. The largest absolute Gasteiger partial charge is 0.490 e. The quantitative estimate of drug-likeness (QED) is 0.269. The summed E-state index contributed by atoms with van der Waals surface area (Å²) in [4.78, 5) is 0. The van der Waals surface area contributed by atoms with E-state index in [9.17, 15) is 5.26 Å². The Kier molecular flexibility index (Phi) is 7.65. The minimum absolute atomic E-state index is 0.361. The average Bonchev–Trinajstić information content (AvgIpc) is 2.73. The minimum atomic E-state index is 0.361. The van der Waals surface area contributed by atoms with E-state index >= 15 is 0 Å². The first-order valence-corrected chi connectivity index (χ1v) is 10.4. The van der Waals surface area contributed by atoms with Crippen molar-refractivity contribution < 1.29 is 9.47 Å². The van der Waals surface area contributed by atoms with E-state index in [1.165, 1.54) is 0 Å². The van der Waals surface area contributed by atoms with Crippen molar-refractivity contribution >= 4 is 46.5 Å². The van der Waals surface area contributed by atoms with E-state index in [-0.39, 0.29) is 0 Å². The van der Waals surface area contributed by atoms with Gasteiger partial charge >= 0.3 is 0 Å². The highest BCUT2D eigenvalue weighted by Gasteiger charge is 2.14. The molecule has 0 aliphatic carbocycles. The van der Waals surface area contributed by atoms with Gasteiger partial charge in [0.2, 0.25) is 0 Å². The SMILES string of the molecule is CCOc1cc(/C=C(\C#N)c2ccc(Cl)cc2Cl)cc(Cl)c1OCc1ccccc1. The van der Waals surface area contributed by atoms with Crippen LogP contribution in [-0.2, 0) is 6.61 Å². The number of hydrogen-bond acceptors (Lipinski definition) is 3. The number of hydrogen-bond donors (Lipinski definition) is 0.